The van der Waals surface area contributed by atoms with Crippen molar-refractivity contribution in [2.45, 2.75) is 19.8 Å². The van der Waals surface area contributed by atoms with Crippen molar-refractivity contribution in [2.24, 2.45) is 0 Å². The second kappa shape index (κ2) is 5.40. The predicted octanol–water partition coefficient (Wildman–Crippen LogP) is 2.85. The van der Waals surface area contributed by atoms with E-state index >= 15 is 0 Å². The highest BCUT2D eigenvalue weighted by Crippen LogP contribution is 2.23. The second-order valence-corrected chi connectivity index (χ2v) is 4.29. The van der Waals surface area contributed by atoms with E-state index in [-0.39, 0.29) is 5.91 Å². The lowest BCUT2D eigenvalue weighted by Crippen LogP contribution is -2.15. The zero-order valence-corrected chi connectivity index (χ0v) is 10.4. The van der Waals surface area contributed by atoms with Gasteiger partial charge in [0.1, 0.15) is 12.0 Å². The Kier molecular flexibility index (Phi) is 3.67. The summed E-state index contributed by atoms with van der Waals surface area (Å²) < 4.78 is 0. The van der Waals surface area contributed by atoms with Gasteiger partial charge < -0.3 is 5.32 Å². The molecule has 1 aromatic heterocycles. The minimum atomic E-state index is -0.217. The van der Waals surface area contributed by atoms with Gasteiger partial charge in [-0.15, -0.1) is 0 Å². The molecule has 1 aromatic carbocycles. The Balaban J connectivity index is 2.22. The average molecular weight is 241 g/mol. The third kappa shape index (κ3) is 2.71. The van der Waals surface area contributed by atoms with Gasteiger partial charge >= 0.3 is 0 Å². The molecule has 0 aliphatic heterocycles. The van der Waals surface area contributed by atoms with Crippen LogP contribution in [0.2, 0.25) is 0 Å². The molecule has 0 bridgehead atoms. The van der Waals surface area contributed by atoms with Crippen molar-refractivity contribution >= 4 is 11.6 Å². The molecule has 92 valence electrons. The fourth-order valence-corrected chi connectivity index (χ4v) is 1.73. The Labute approximate surface area is 106 Å². The number of benzene rings is 1. The lowest BCUT2D eigenvalue weighted by atomic mass is 10.0. The SMILES string of the molecule is CC(C)c1ccccc1NC(=O)c1ccncn1. The van der Waals surface area contributed by atoms with E-state index in [0.717, 1.165) is 11.3 Å². The summed E-state index contributed by atoms with van der Waals surface area (Å²) in [6.07, 6.45) is 2.92. The van der Waals surface area contributed by atoms with Crippen molar-refractivity contribution in [1.29, 1.82) is 0 Å². The standard InChI is InChI=1S/C14H15N3O/c1-10(2)11-5-3-4-6-12(11)17-14(18)13-7-8-15-9-16-13/h3-10H,1-2H3,(H,17,18). The van der Waals surface area contributed by atoms with Crippen LogP contribution in [0.25, 0.3) is 0 Å². The van der Waals surface area contributed by atoms with Gasteiger partial charge in [-0.05, 0) is 23.6 Å². The Bertz CT molecular complexity index is 538. The smallest absolute Gasteiger partial charge is 0.274 e. The molecular formula is C14H15N3O. The minimum absolute atomic E-state index is 0.217. The van der Waals surface area contributed by atoms with Crippen LogP contribution < -0.4 is 5.32 Å². The van der Waals surface area contributed by atoms with E-state index < -0.39 is 0 Å². The molecule has 4 nitrogen and oxygen atoms in total. The molecular weight excluding hydrogens is 226 g/mol. The van der Waals surface area contributed by atoms with Crippen LogP contribution in [-0.4, -0.2) is 15.9 Å². The third-order valence-corrected chi connectivity index (χ3v) is 2.65. The quantitative estimate of drug-likeness (QED) is 0.899. The van der Waals surface area contributed by atoms with E-state index in [4.69, 9.17) is 0 Å². The number of aromatic nitrogens is 2. The van der Waals surface area contributed by atoms with Gasteiger partial charge in [-0.1, -0.05) is 32.0 Å². The minimum Gasteiger partial charge on any atom is -0.320 e. The van der Waals surface area contributed by atoms with Gasteiger partial charge in [0.05, 0.1) is 0 Å². The van der Waals surface area contributed by atoms with Crippen molar-refractivity contribution in [3.8, 4) is 0 Å². The number of carbonyl (C=O) groups is 1. The van der Waals surface area contributed by atoms with Crippen molar-refractivity contribution in [3.63, 3.8) is 0 Å². The van der Waals surface area contributed by atoms with E-state index in [0.29, 0.717) is 11.6 Å². The molecule has 4 heteroatoms. The maximum absolute atomic E-state index is 12.0. The van der Waals surface area contributed by atoms with Crippen LogP contribution in [0, 0.1) is 0 Å². The third-order valence-electron chi connectivity index (χ3n) is 2.65. The molecule has 0 saturated carbocycles. The van der Waals surface area contributed by atoms with Crippen molar-refractivity contribution < 1.29 is 4.79 Å². The van der Waals surface area contributed by atoms with E-state index in [9.17, 15) is 4.79 Å². The summed E-state index contributed by atoms with van der Waals surface area (Å²) >= 11 is 0. The fourth-order valence-electron chi connectivity index (χ4n) is 1.73. The summed E-state index contributed by atoms with van der Waals surface area (Å²) in [4.78, 5) is 19.7. The van der Waals surface area contributed by atoms with Crippen LogP contribution in [0.15, 0.2) is 42.9 Å². The zero-order chi connectivity index (χ0) is 13.0. The molecule has 0 aliphatic carbocycles. The molecule has 1 N–H and O–H groups in total. The molecule has 0 radical (unpaired) electrons. The van der Waals surface area contributed by atoms with Gasteiger partial charge in [-0.3, -0.25) is 4.79 Å². The first-order valence-corrected chi connectivity index (χ1v) is 5.85. The van der Waals surface area contributed by atoms with Crippen LogP contribution in [0.3, 0.4) is 0 Å². The van der Waals surface area contributed by atoms with Crippen LogP contribution in [0.5, 0.6) is 0 Å². The molecule has 2 aromatic rings. The second-order valence-electron chi connectivity index (χ2n) is 4.29. The number of anilines is 1. The largest absolute Gasteiger partial charge is 0.320 e. The Morgan fingerprint density at radius 1 is 1.22 bits per heavy atom. The Morgan fingerprint density at radius 2 is 2.00 bits per heavy atom. The van der Waals surface area contributed by atoms with Crippen LogP contribution >= 0.6 is 0 Å². The molecule has 1 heterocycles. The number of nitrogens with one attached hydrogen (secondary N) is 1. The topological polar surface area (TPSA) is 54.9 Å². The van der Waals surface area contributed by atoms with Gasteiger partial charge in [0.15, 0.2) is 0 Å². The fraction of sp³-hybridized carbons (Fsp3) is 0.214. The lowest BCUT2D eigenvalue weighted by molar-refractivity contribution is 0.102. The van der Waals surface area contributed by atoms with Crippen LogP contribution in [-0.2, 0) is 0 Å². The summed E-state index contributed by atoms with van der Waals surface area (Å²) in [5.41, 5.74) is 2.31. The van der Waals surface area contributed by atoms with Gasteiger partial charge in [-0.25, -0.2) is 9.97 Å². The highest BCUT2D eigenvalue weighted by molar-refractivity contribution is 6.03. The maximum Gasteiger partial charge on any atom is 0.274 e. The molecule has 0 unspecified atom stereocenters. The Morgan fingerprint density at radius 3 is 2.67 bits per heavy atom. The lowest BCUT2D eigenvalue weighted by Gasteiger charge is -2.13. The first-order valence-electron chi connectivity index (χ1n) is 5.85. The molecule has 18 heavy (non-hydrogen) atoms. The van der Waals surface area contributed by atoms with Gasteiger partial charge in [0.2, 0.25) is 0 Å². The summed E-state index contributed by atoms with van der Waals surface area (Å²) in [6, 6.07) is 9.37. The number of hydrogen-bond donors (Lipinski definition) is 1. The molecule has 0 atom stereocenters. The van der Waals surface area contributed by atoms with E-state index in [2.05, 4.69) is 29.1 Å². The number of rotatable bonds is 3. The monoisotopic (exact) mass is 241 g/mol. The highest BCUT2D eigenvalue weighted by atomic mass is 16.1. The average Bonchev–Trinajstić information content (AvgIpc) is 2.40. The molecule has 1 amide bonds. The van der Waals surface area contributed by atoms with Crippen LogP contribution in [0.1, 0.15) is 35.8 Å². The Hall–Kier alpha value is -2.23. The summed E-state index contributed by atoms with van der Waals surface area (Å²) in [5.74, 6) is 0.136. The number of para-hydroxylation sites is 1. The van der Waals surface area contributed by atoms with Gasteiger partial charge in [0.25, 0.3) is 5.91 Å². The van der Waals surface area contributed by atoms with E-state index in [1.807, 2.05) is 24.3 Å². The number of nitrogens with zero attached hydrogens (tertiary/aromatic N) is 2. The first kappa shape index (κ1) is 12.2. The predicted molar refractivity (Wildman–Crippen MR) is 70.5 cm³/mol. The highest BCUT2D eigenvalue weighted by Gasteiger charge is 2.11. The van der Waals surface area contributed by atoms with Crippen LogP contribution in [0.4, 0.5) is 5.69 Å². The van der Waals surface area contributed by atoms with Gasteiger partial charge in [-0.2, -0.15) is 0 Å². The molecule has 0 spiro atoms. The molecule has 0 saturated heterocycles. The number of amides is 1. The summed E-state index contributed by atoms with van der Waals surface area (Å²) in [5, 5.41) is 2.88. The zero-order valence-electron chi connectivity index (χ0n) is 10.4. The number of hydrogen-bond acceptors (Lipinski definition) is 3. The van der Waals surface area contributed by atoms with E-state index in [1.165, 1.54) is 6.33 Å². The van der Waals surface area contributed by atoms with Crippen molar-refractivity contribution in [3.05, 3.63) is 54.1 Å². The maximum atomic E-state index is 12.0. The summed E-state index contributed by atoms with van der Waals surface area (Å²) in [7, 11) is 0. The van der Waals surface area contributed by atoms with E-state index in [1.54, 1.807) is 12.3 Å². The van der Waals surface area contributed by atoms with Gasteiger partial charge in [0, 0.05) is 11.9 Å². The first-order chi connectivity index (χ1) is 8.68. The normalized spacial score (nSPS) is 10.4. The molecule has 0 aliphatic rings. The van der Waals surface area contributed by atoms with Crippen molar-refractivity contribution in [1.82, 2.24) is 9.97 Å². The molecule has 0 fully saturated rings. The number of carbonyl (C=O) groups excluding carboxylic acids is 1. The van der Waals surface area contributed by atoms with Crippen molar-refractivity contribution in [2.75, 3.05) is 5.32 Å². The summed E-state index contributed by atoms with van der Waals surface area (Å²) in [6.45, 7) is 4.19. The molecule has 2 rings (SSSR count).